The average molecular weight is 206 g/mol. The van der Waals surface area contributed by atoms with Gasteiger partial charge in [-0.1, -0.05) is 6.07 Å². The van der Waals surface area contributed by atoms with Gasteiger partial charge in [0, 0.05) is 51.2 Å². The molecule has 0 radical (unpaired) electrons. The molecule has 1 saturated heterocycles. The molecule has 1 unspecified atom stereocenters. The minimum atomic E-state index is 0.0804. The highest BCUT2D eigenvalue weighted by molar-refractivity contribution is 5.13. The summed E-state index contributed by atoms with van der Waals surface area (Å²) in [5.41, 5.74) is 7.25. The summed E-state index contributed by atoms with van der Waals surface area (Å²) >= 11 is 0. The number of rotatable bonds is 3. The molecule has 15 heavy (non-hydrogen) atoms. The minimum absolute atomic E-state index is 0.0804. The van der Waals surface area contributed by atoms with Gasteiger partial charge in [0.25, 0.3) is 0 Å². The van der Waals surface area contributed by atoms with Crippen LogP contribution >= 0.6 is 0 Å². The summed E-state index contributed by atoms with van der Waals surface area (Å²) in [5.74, 6) is 0. The van der Waals surface area contributed by atoms with Gasteiger partial charge in [-0.3, -0.25) is 9.88 Å². The lowest BCUT2D eigenvalue weighted by molar-refractivity contribution is 0.228. The molecule has 1 fully saturated rings. The van der Waals surface area contributed by atoms with Crippen LogP contribution in [0.3, 0.4) is 0 Å². The van der Waals surface area contributed by atoms with Crippen molar-refractivity contribution >= 4 is 0 Å². The average Bonchev–Trinajstić information content (AvgIpc) is 2.31. The Balaban J connectivity index is 1.88. The molecule has 1 aliphatic rings. The van der Waals surface area contributed by atoms with Crippen LogP contribution < -0.4 is 11.1 Å². The Bertz CT molecular complexity index is 282. The third-order valence-corrected chi connectivity index (χ3v) is 2.78. The molecule has 1 aromatic rings. The van der Waals surface area contributed by atoms with Crippen LogP contribution in [0.25, 0.3) is 0 Å². The van der Waals surface area contributed by atoms with Crippen molar-refractivity contribution in [2.75, 3.05) is 32.7 Å². The van der Waals surface area contributed by atoms with Crippen molar-refractivity contribution in [3.05, 3.63) is 30.1 Å². The van der Waals surface area contributed by atoms with E-state index in [1.165, 1.54) is 0 Å². The van der Waals surface area contributed by atoms with Crippen molar-refractivity contribution in [3.8, 4) is 0 Å². The minimum Gasteiger partial charge on any atom is -0.323 e. The Hall–Kier alpha value is -0.970. The van der Waals surface area contributed by atoms with Crippen LogP contribution in [-0.4, -0.2) is 42.6 Å². The zero-order valence-corrected chi connectivity index (χ0v) is 8.89. The maximum Gasteiger partial charge on any atom is 0.0439 e. The van der Waals surface area contributed by atoms with Gasteiger partial charge in [-0.25, -0.2) is 0 Å². The van der Waals surface area contributed by atoms with Gasteiger partial charge in [-0.05, 0) is 11.6 Å². The van der Waals surface area contributed by atoms with E-state index < -0.39 is 0 Å². The van der Waals surface area contributed by atoms with Crippen molar-refractivity contribution in [1.82, 2.24) is 15.2 Å². The molecule has 1 aliphatic heterocycles. The number of aromatic nitrogens is 1. The van der Waals surface area contributed by atoms with Gasteiger partial charge in [-0.15, -0.1) is 0 Å². The molecule has 3 N–H and O–H groups in total. The molecule has 0 spiro atoms. The number of nitrogens with one attached hydrogen (secondary N) is 1. The predicted molar refractivity (Wildman–Crippen MR) is 60.5 cm³/mol. The standard InChI is InChI=1S/C11H18N4/c12-11(10-2-1-3-14-8-10)9-15-6-4-13-5-7-15/h1-3,8,11,13H,4-7,9,12H2. The normalized spacial score (nSPS) is 20.1. The van der Waals surface area contributed by atoms with E-state index in [9.17, 15) is 0 Å². The van der Waals surface area contributed by atoms with Crippen LogP contribution in [0.1, 0.15) is 11.6 Å². The summed E-state index contributed by atoms with van der Waals surface area (Å²) in [5, 5.41) is 3.33. The Morgan fingerprint density at radius 3 is 2.93 bits per heavy atom. The van der Waals surface area contributed by atoms with E-state index in [1.54, 1.807) is 6.20 Å². The highest BCUT2D eigenvalue weighted by Crippen LogP contribution is 2.10. The fraction of sp³-hybridized carbons (Fsp3) is 0.545. The Morgan fingerprint density at radius 2 is 2.27 bits per heavy atom. The molecule has 4 heteroatoms. The molecule has 82 valence electrons. The van der Waals surface area contributed by atoms with Crippen LogP contribution in [-0.2, 0) is 0 Å². The number of pyridine rings is 1. The van der Waals surface area contributed by atoms with E-state index in [1.807, 2.05) is 18.3 Å². The summed E-state index contributed by atoms with van der Waals surface area (Å²) in [6, 6.07) is 4.06. The summed E-state index contributed by atoms with van der Waals surface area (Å²) in [7, 11) is 0. The SMILES string of the molecule is NC(CN1CCNCC1)c1cccnc1. The van der Waals surface area contributed by atoms with Gasteiger partial charge >= 0.3 is 0 Å². The molecule has 2 rings (SSSR count). The molecule has 0 aliphatic carbocycles. The van der Waals surface area contributed by atoms with E-state index in [-0.39, 0.29) is 6.04 Å². The van der Waals surface area contributed by atoms with Crippen molar-refractivity contribution in [3.63, 3.8) is 0 Å². The number of nitrogens with two attached hydrogens (primary N) is 1. The lowest BCUT2D eigenvalue weighted by atomic mass is 10.1. The van der Waals surface area contributed by atoms with Crippen LogP contribution in [0.2, 0.25) is 0 Å². The summed E-state index contributed by atoms with van der Waals surface area (Å²) < 4.78 is 0. The second-order valence-corrected chi connectivity index (χ2v) is 3.94. The lowest BCUT2D eigenvalue weighted by Gasteiger charge is -2.29. The molecule has 2 heterocycles. The van der Waals surface area contributed by atoms with E-state index in [0.717, 1.165) is 38.3 Å². The third kappa shape index (κ3) is 2.99. The molecular formula is C11H18N4. The largest absolute Gasteiger partial charge is 0.323 e. The first-order valence-corrected chi connectivity index (χ1v) is 5.45. The molecule has 4 nitrogen and oxygen atoms in total. The highest BCUT2D eigenvalue weighted by Gasteiger charge is 2.14. The van der Waals surface area contributed by atoms with Gasteiger partial charge in [-0.2, -0.15) is 0 Å². The molecular weight excluding hydrogens is 188 g/mol. The maximum absolute atomic E-state index is 6.12. The molecule has 0 aromatic carbocycles. The summed E-state index contributed by atoms with van der Waals surface area (Å²) in [6.07, 6.45) is 3.63. The number of piperazine rings is 1. The number of hydrogen-bond donors (Lipinski definition) is 2. The first-order chi connectivity index (χ1) is 7.36. The van der Waals surface area contributed by atoms with E-state index in [4.69, 9.17) is 5.73 Å². The molecule has 1 aromatic heterocycles. The predicted octanol–water partition coefficient (Wildman–Crippen LogP) is -0.0134. The van der Waals surface area contributed by atoms with Crippen LogP contribution in [0, 0.1) is 0 Å². The zero-order chi connectivity index (χ0) is 10.5. The van der Waals surface area contributed by atoms with Gasteiger partial charge in [0.1, 0.15) is 0 Å². The van der Waals surface area contributed by atoms with E-state index >= 15 is 0 Å². The van der Waals surface area contributed by atoms with Crippen LogP contribution in [0.4, 0.5) is 0 Å². The van der Waals surface area contributed by atoms with Gasteiger partial charge in [0.15, 0.2) is 0 Å². The monoisotopic (exact) mass is 206 g/mol. The van der Waals surface area contributed by atoms with Crippen molar-refractivity contribution < 1.29 is 0 Å². The quantitative estimate of drug-likeness (QED) is 0.730. The van der Waals surface area contributed by atoms with Crippen molar-refractivity contribution in [1.29, 1.82) is 0 Å². The van der Waals surface area contributed by atoms with E-state index in [2.05, 4.69) is 15.2 Å². The fourth-order valence-corrected chi connectivity index (χ4v) is 1.87. The number of hydrogen-bond acceptors (Lipinski definition) is 4. The smallest absolute Gasteiger partial charge is 0.0439 e. The first-order valence-electron chi connectivity index (χ1n) is 5.45. The van der Waals surface area contributed by atoms with Gasteiger partial charge < -0.3 is 11.1 Å². The maximum atomic E-state index is 6.12. The third-order valence-electron chi connectivity index (χ3n) is 2.78. The Labute approximate surface area is 90.5 Å². The van der Waals surface area contributed by atoms with Crippen molar-refractivity contribution in [2.24, 2.45) is 5.73 Å². The Morgan fingerprint density at radius 1 is 1.47 bits per heavy atom. The molecule has 0 bridgehead atoms. The molecule has 0 amide bonds. The van der Waals surface area contributed by atoms with E-state index in [0.29, 0.717) is 0 Å². The zero-order valence-electron chi connectivity index (χ0n) is 8.89. The highest BCUT2D eigenvalue weighted by atomic mass is 15.2. The number of nitrogens with zero attached hydrogens (tertiary/aromatic N) is 2. The first kappa shape index (κ1) is 10.5. The molecule has 0 saturated carbocycles. The van der Waals surface area contributed by atoms with Crippen LogP contribution in [0.5, 0.6) is 0 Å². The van der Waals surface area contributed by atoms with Gasteiger partial charge in [0.2, 0.25) is 0 Å². The fourth-order valence-electron chi connectivity index (χ4n) is 1.87. The van der Waals surface area contributed by atoms with Crippen LogP contribution in [0.15, 0.2) is 24.5 Å². The van der Waals surface area contributed by atoms with Gasteiger partial charge in [0.05, 0.1) is 0 Å². The molecule has 1 atom stereocenters. The summed E-state index contributed by atoms with van der Waals surface area (Å²) in [4.78, 5) is 6.48. The second kappa shape index (κ2) is 5.21. The lowest BCUT2D eigenvalue weighted by Crippen LogP contribution is -2.45. The Kier molecular flexibility index (Phi) is 3.66. The van der Waals surface area contributed by atoms with Crippen molar-refractivity contribution in [2.45, 2.75) is 6.04 Å². The second-order valence-electron chi connectivity index (χ2n) is 3.94. The topological polar surface area (TPSA) is 54.2 Å². The summed E-state index contributed by atoms with van der Waals surface area (Å²) in [6.45, 7) is 5.24.